The topological polar surface area (TPSA) is 48.1 Å². The second-order valence-corrected chi connectivity index (χ2v) is 3.98. The van der Waals surface area contributed by atoms with Crippen LogP contribution in [0, 0.1) is 0 Å². The fraction of sp³-hybridized carbons (Fsp3) is 0. The van der Waals surface area contributed by atoms with Crippen molar-refractivity contribution in [2.24, 2.45) is 0 Å². The number of halogens is 2. The second-order valence-electron chi connectivity index (χ2n) is 3.11. The molecule has 1 aromatic carbocycles. The molecule has 0 aliphatic rings. The molecule has 0 aliphatic heterocycles. The molecule has 16 heavy (non-hydrogen) atoms. The van der Waals surface area contributed by atoms with Crippen LogP contribution in [0.2, 0.25) is 10.0 Å². The molecule has 0 unspecified atom stereocenters. The highest BCUT2D eigenvalue weighted by Crippen LogP contribution is 2.28. The van der Waals surface area contributed by atoms with Gasteiger partial charge in [0.05, 0.1) is 10.7 Å². The lowest BCUT2D eigenvalue weighted by atomic mass is 10.3. The van der Waals surface area contributed by atoms with E-state index in [-0.39, 0.29) is 0 Å². The summed E-state index contributed by atoms with van der Waals surface area (Å²) in [6.45, 7) is 0. The average Bonchev–Trinajstić information content (AvgIpc) is 2.22. The Morgan fingerprint density at radius 2 is 1.94 bits per heavy atom. The Bertz CT molecular complexity index is 517. The van der Waals surface area contributed by atoms with Gasteiger partial charge in [0.2, 0.25) is 5.88 Å². The molecular formula is C11H8Cl2N2O. The van der Waals surface area contributed by atoms with Gasteiger partial charge in [0.25, 0.3) is 0 Å². The van der Waals surface area contributed by atoms with E-state index in [9.17, 15) is 0 Å². The molecular weight excluding hydrogens is 247 g/mol. The van der Waals surface area contributed by atoms with Gasteiger partial charge in [-0.05, 0) is 24.3 Å². The first-order valence-corrected chi connectivity index (χ1v) is 5.25. The maximum Gasteiger partial charge on any atom is 0.242 e. The van der Waals surface area contributed by atoms with Crippen molar-refractivity contribution in [3.63, 3.8) is 0 Å². The fourth-order valence-electron chi connectivity index (χ4n) is 1.17. The molecule has 82 valence electrons. The molecule has 0 amide bonds. The quantitative estimate of drug-likeness (QED) is 0.888. The number of anilines is 1. The fourth-order valence-corrected chi connectivity index (χ4v) is 1.52. The van der Waals surface area contributed by atoms with Crippen molar-refractivity contribution in [2.45, 2.75) is 0 Å². The highest BCUT2D eigenvalue weighted by Gasteiger charge is 2.04. The minimum atomic E-state index is 0.312. The highest BCUT2D eigenvalue weighted by atomic mass is 35.5. The predicted molar refractivity (Wildman–Crippen MR) is 65.2 cm³/mol. The molecule has 0 saturated carbocycles. The van der Waals surface area contributed by atoms with Crippen LogP contribution < -0.4 is 10.5 Å². The molecule has 5 heteroatoms. The molecule has 0 atom stereocenters. The van der Waals surface area contributed by atoms with Crippen molar-refractivity contribution < 1.29 is 4.74 Å². The lowest BCUT2D eigenvalue weighted by Crippen LogP contribution is -1.94. The van der Waals surface area contributed by atoms with Crippen LogP contribution in [0.25, 0.3) is 0 Å². The lowest BCUT2D eigenvalue weighted by Gasteiger charge is -2.07. The lowest BCUT2D eigenvalue weighted by molar-refractivity contribution is 0.465. The number of ether oxygens (including phenoxy) is 1. The van der Waals surface area contributed by atoms with Gasteiger partial charge in [0.15, 0.2) is 0 Å². The van der Waals surface area contributed by atoms with Gasteiger partial charge >= 0.3 is 0 Å². The van der Waals surface area contributed by atoms with Crippen molar-refractivity contribution in [1.29, 1.82) is 0 Å². The summed E-state index contributed by atoms with van der Waals surface area (Å²) in [7, 11) is 0. The molecule has 3 nitrogen and oxygen atoms in total. The molecule has 1 heterocycles. The van der Waals surface area contributed by atoms with Gasteiger partial charge in [-0.2, -0.15) is 0 Å². The maximum absolute atomic E-state index is 5.82. The highest BCUT2D eigenvalue weighted by molar-refractivity contribution is 6.31. The van der Waals surface area contributed by atoms with Gasteiger partial charge in [0.1, 0.15) is 5.75 Å². The zero-order valence-electron chi connectivity index (χ0n) is 8.15. The van der Waals surface area contributed by atoms with Crippen LogP contribution in [-0.4, -0.2) is 4.98 Å². The molecule has 0 spiro atoms. The minimum Gasteiger partial charge on any atom is -0.437 e. The van der Waals surface area contributed by atoms with Crippen LogP contribution in [0.5, 0.6) is 11.6 Å². The first kappa shape index (κ1) is 11.0. The summed E-state index contributed by atoms with van der Waals surface area (Å²) in [5.41, 5.74) is 6.08. The number of rotatable bonds is 2. The summed E-state index contributed by atoms with van der Waals surface area (Å²) in [4.78, 5) is 3.98. The third-order valence-corrected chi connectivity index (χ3v) is 2.30. The zero-order chi connectivity index (χ0) is 11.5. The van der Waals surface area contributed by atoms with E-state index < -0.39 is 0 Å². The van der Waals surface area contributed by atoms with Gasteiger partial charge in [0, 0.05) is 11.2 Å². The van der Waals surface area contributed by atoms with Crippen molar-refractivity contribution in [3.8, 4) is 11.6 Å². The maximum atomic E-state index is 5.82. The van der Waals surface area contributed by atoms with Crippen molar-refractivity contribution in [1.82, 2.24) is 4.98 Å². The molecule has 0 bridgehead atoms. The smallest absolute Gasteiger partial charge is 0.242 e. The molecule has 0 radical (unpaired) electrons. The summed E-state index contributed by atoms with van der Waals surface area (Å²) in [6.07, 6.45) is 1.47. The van der Waals surface area contributed by atoms with Crippen LogP contribution in [0.3, 0.4) is 0 Å². The Hall–Kier alpha value is -1.45. The van der Waals surface area contributed by atoms with Gasteiger partial charge in [-0.25, -0.2) is 4.98 Å². The summed E-state index contributed by atoms with van der Waals surface area (Å²) in [5, 5.41) is 1.06. The van der Waals surface area contributed by atoms with Gasteiger partial charge < -0.3 is 10.5 Å². The Balaban J connectivity index is 2.27. The van der Waals surface area contributed by atoms with Crippen LogP contribution in [-0.2, 0) is 0 Å². The van der Waals surface area contributed by atoms with Gasteiger partial charge in [-0.1, -0.05) is 29.3 Å². The van der Waals surface area contributed by atoms with Crippen molar-refractivity contribution in [2.75, 3.05) is 5.73 Å². The zero-order valence-corrected chi connectivity index (χ0v) is 9.66. The number of hydrogen-bond donors (Lipinski definition) is 1. The van der Waals surface area contributed by atoms with Crippen LogP contribution in [0.1, 0.15) is 0 Å². The summed E-state index contributed by atoms with van der Waals surface area (Å²) >= 11 is 11.5. The number of nitrogen functional groups attached to an aromatic ring is 1. The molecule has 2 N–H and O–H groups in total. The Morgan fingerprint density at radius 1 is 1.12 bits per heavy atom. The average molecular weight is 255 g/mol. The van der Waals surface area contributed by atoms with Crippen molar-refractivity contribution in [3.05, 3.63) is 46.6 Å². The molecule has 0 fully saturated rings. The third-order valence-electron chi connectivity index (χ3n) is 1.86. The van der Waals surface area contributed by atoms with E-state index >= 15 is 0 Å². The summed E-state index contributed by atoms with van der Waals surface area (Å²) in [5.74, 6) is 0.890. The number of nitrogens with two attached hydrogens (primary N) is 1. The van der Waals surface area contributed by atoms with E-state index in [0.29, 0.717) is 27.4 Å². The van der Waals surface area contributed by atoms with Gasteiger partial charge in [-0.3, -0.25) is 0 Å². The van der Waals surface area contributed by atoms with E-state index in [2.05, 4.69) is 4.98 Å². The Morgan fingerprint density at radius 3 is 2.62 bits per heavy atom. The number of nitrogens with zero attached hydrogens (tertiary/aromatic N) is 1. The number of hydrogen-bond acceptors (Lipinski definition) is 3. The van der Waals surface area contributed by atoms with Crippen molar-refractivity contribution >= 4 is 28.9 Å². The summed E-state index contributed by atoms with van der Waals surface area (Å²) < 4.78 is 5.47. The predicted octanol–water partition coefficient (Wildman–Crippen LogP) is 3.76. The Kier molecular flexibility index (Phi) is 3.17. The van der Waals surface area contributed by atoms with Crippen LogP contribution in [0.4, 0.5) is 5.69 Å². The number of aromatic nitrogens is 1. The molecule has 2 aromatic rings. The molecule has 0 saturated heterocycles. The van der Waals surface area contributed by atoms with E-state index in [1.54, 1.807) is 30.3 Å². The molecule has 2 rings (SSSR count). The molecule has 1 aromatic heterocycles. The monoisotopic (exact) mass is 254 g/mol. The third kappa shape index (κ3) is 2.56. The van der Waals surface area contributed by atoms with E-state index in [1.807, 2.05) is 0 Å². The van der Waals surface area contributed by atoms with E-state index in [1.165, 1.54) is 6.20 Å². The summed E-state index contributed by atoms with van der Waals surface area (Å²) in [6, 6.07) is 8.56. The number of pyridine rings is 1. The van der Waals surface area contributed by atoms with E-state index in [4.69, 9.17) is 33.7 Å². The number of benzene rings is 1. The minimum absolute atomic E-state index is 0.312. The first-order chi connectivity index (χ1) is 7.65. The standard InChI is InChI=1S/C11H8Cl2N2O/c12-7-2-1-3-9(4-7)16-11-10(14)5-8(13)6-15-11/h1-6H,14H2. The normalized spacial score (nSPS) is 10.1. The molecule has 0 aliphatic carbocycles. The largest absolute Gasteiger partial charge is 0.437 e. The van der Waals surface area contributed by atoms with Crippen LogP contribution in [0.15, 0.2) is 36.5 Å². The SMILES string of the molecule is Nc1cc(Cl)cnc1Oc1cccc(Cl)c1. The first-order valence-electron chi connectivity index (χ1n) is 4.49. The second kappa shape index (κ2) is 4.60. The van der Waals surface area contributed by atoms with E-state index in [0.717, 1.165) is 0 Å². The van der Waals surface area contributed by atoms with Crippen LogP contribution >= 0.6 is 23.2 Å². The Labute approximate surface area is 103 Å². The van der Waals surface area contributed by atoms with Gasteiger partial charge in [-0.15, -0.1) is 0 Å².